The largest absolute Gasteiger partial charge is 0.427 e. The average molecular weight is 286 g/mol. The lowest BCUT2D eigenvalue weighted by Gasteiger charge is -1.89. The molecule has 0 fully saturated rings. The van der Waals surface area contributed by atoms with Crippen LogP contribution in [0, 0.1) is 0 Å². The van der Waals surface area contributed by atoms with Crippen LogP contribution in [0.4, 0.5) is 0 Å². The van der Waals surface area contributed by atoms with E-state index in [-0.39, 0.29) is 0 Å². The minimum Gasteiger partial charge on any atom is -0.427 e. The molecule has 2 nitrogen and oxygen atoms in total. The first kappa shape index (κ1) is 8.23. The number of ether oxygens (including phenoxy) is 1. The summed E-state index contributed by atoms with van der Waals surface area (Å²) in [5.41, 5.74) is 0. The second-order valence-corrected chi connectivity index (χ2v) is 5.15. The van der Waals surface area contributed by atoms with Crippen molar-refractivity contribution >= 4 is 49.7 Å². The molecule has 0 atom stereocenters. The summed E-state index contributed by atoms with van der Waals surface area (Å²) in [5, 5.41) is 0. The number of carbonyl (C=O) groups is 1. The number of carbonyl (C=O) groups excluding carboxylic acids is 1. The Hall–Kier alpha value is 0.130. The summed E-state index contributed by atoms with van der Waals surface area (Å²) < 4.78 is 6.35. The van der Waals surface area contributed by atoms with Crippen LogP contribution < -0.4 is 4.74 Å². The zero-order valence-corrected chi connectivity index (χ0v) is 8.62. The third-order valence-electron chi connectivity index (χ3n) is 0.800. The maximum atomic E-state index is 9.88. The molecule has 0 saturated carbocycles. The Morgan fingerprint density at radius 3 is 2.70 bits per heavy atom. The highest BCUT2D eigenvalue weighted by Gasteiger charge is 2.04. The molecule has 0 aliphatic heterocycles. The Kier molecular flexibility index (Phi) is 2.88. The highest BCUT2D eigenvalue weighted by atomic mass is 79.9. The molecule has 54 valence electrons. The summed E-state index contributed by atoms with van der Waals surface area (Å²) in [7, 11) is 0. The molecule has 0 saturated heterocycles. The summed E-state index contributed by atoms with van der Waals surface area (Å²) in [6.45, 7) is 0.402. The van der Waals surface area contributed by atoms with Crippen molar-refractivity contribution in [3.8, 4) is 5.75 Å². The van der Waals surface area contributed by atoms with Gasteiger partial charge in [0.15, 0.2) is 5.75 Å². The molecule has 0 radical (unpaired) electrons. The molecule has 0 aliphatic carbocycles. The molecule has 1 rings (SSSR count). The highest BCUT2D eigenvalue weighted by Crippen LogP contribution is 2.37. The Bertz CT molecular complexity index is 246. The number of hydrogen-bond acceptors (Lipinski definition) is 3. The molecule has 1 aromatic heterocycles. The average Bonchev–Trinajstić information content (AvgIpc) is 2.13. The van der Waals surface area contributed by atoms with E-state index in [1.807, 2.05) is 0 Å². The summed E-state index contributed by atoms with van der Waals surface area (Å²) in [6, 6.07) is 1.73. The summed E-state index contributed by atoms with van der Waals surface area (Å²) in [6.07, 6.45) is 0. The monoisotopic (exact) mass is 284 g/mol. The fourth-order valence-electron chi connectivity index (χ4n) is 0.457. The van der Waals surface area contributed by atoms with Gasteiger partial charge in [-0.1, -0.05) is 0 Å². The van der Waals surface area contributed by atoms with Gasteiger partial charge in [0.1, 0.15) is 3.79 Å². The lowest BCUT2D eigenvalue weighted by atomic mass is 10.6. The molecule has 0 aromatic carbocycles. The maximum absolute atomic E-state index is 9.88. The van der Waals surface area contributed by atoms with E-state index in [1.54, 1.807) is 6.07 Å². The number of thiophene rings is 1. The van der Waals surface area contributed by atoms with Crippen molar-refractivity contribution in [2.45, 2.75) is 0 Å². The molecule has 0 unspecified atom stereocenters. The fraction of sp³-hybridized carbons (Fsp3) is 0. The van der Waals surface area contributed by atoms with Gasteiger partial charge in [-0.15, -0.1) is 11.3 Å². The molecule has 5 heteroatoms. The van der Waals surface area contributed by atoms with Gasteiger partial charge >= 0.3 is 0 Å². The van der Waals surface area contributed by atoms with E-state index in [2.05, 4.69) is 36.6 Å². The molecule has 0 N–H and O–H groups in total. The summed E-state index contributed by atoms with van der Waals surface area (Å²) >= 11 is 7.93. The van der Waals surface area contributed by atoms with Crippen molar-refractivity contribution in [2.75, 3.05) is 0 Å². The molecular formula is C5H2Br2O2S. The van der Waals surface area contributed by atoms with Gasteiger partial charge in [-0.25, -0.2) is 0 Å². The topological polar surface area (TPSA) is 26.3 Å². The highest BCUT2D eigenvalue weighted by molar-refractivity contribution is 9.12. The van der Waals surface area contributed by atoms with Crippen LogP contribution >= 0.6 is 43.2 Å². The van der Waals surface area contributed by atoms with E-state index in [0.29, 0.717) is 12.2 Å². The van der Waals surface area contributed by atoms with Gasteiger partial charge in [0, 0.05) is 6.07 Å². The molecule has 0 amide bonds. The maximum Gasteiger partial charge on any atom is 0.298 e. The summed E-state index contributed by atoms with van der Waals surface area (Å²) in [4.78, 5) is 9.88. The van der Waals surface area contributed by atoms with Gasteiger partial charge in [-0.2, -0.15) is 0 Å². The van der Waals surface area contributed by atoms with Crippen molar-refractivity contribution in [2.24, 2.45) is 0 Å². The standard InChI is InChI=1S/C5H2Br2O2S/c6-4-1-3(9-2-8)5(7)10-4/h1-2H. The predicted octanol–water partition coefficient (Wildman–Crippen LogP) is 2.81. The predicted molar refractivity (Wildman–Crippen MR) is 46.4 cm³/mol. The van der Waals surface area contributed by atoms with E-state index in [4.69, 9.17) is 0 Å². The number of hydrogen-bond donors (Lipinski definition) is 0. The van der Waals surface area contributed by atoms with Crippen molar-refractivity contribution < 1.29 is 9.53 Å². The van der Waals surface area contributed by atoms with Crippen LogP contribution in [0.3, 0.4) is 0 Å². The third kappa shape index (κ3) is 1.81. The lowest BCUT2D eigenvalue weighted by Crippen LogP contribution is -1.85. The smallest absolute Gasteiger partial charge is 0.298 e. The van der Waals surface area contributed by atoms with E-state index >= 15 is 0 Å². The lowest BCUT2D eigenvalue weighted by molar-refractivity contribution is -0.120. The van der Waals surface area contributed by atoms with Gasteiger partial charge in [0.05, 0.1) is 3.79 Å². The van der Waals surface area contributed by atoms with Crippen LogP contribution in [0.5, 0.6) is 5.75 Å². The number of rotatable bonds is 2. The SMILES string of the molecule is O=COc1cc(Br)sc1Br. The second-order valence-electron chi connectivity index (χ2n) is 1.40. The van der Waals surface area contributed by atoms with Gasteiger partial charge < -0.3 is 4.74 Å². The second kappa shape index (κ2) is 3.50. The van der Waals surface area contributed by atoms with Crippen LogP contribution in [-0.4, -0.2) is 6.47 Å². The Labute approximate surface area is 78.4 Å². The van der Waals surface area contributed by atoms with Crippen LogP contribution in [0.25, 0.3) is 0 Å². The molecule has 0 spiro atoms. The van der Waals surface area contributed by atoms with Crippen molar-refractivity contribution in [3.05, 3.63) is 13.6 Å². The van der Waals surface area contributed by atoms with Crippen LogP contribution in [-0.2, 0) is 4.79 Å². The van der Waals surface area contributed by atoms with E-state index in [9.17, 15) is 4.79 Å². The normalized spacial score (nSPS) is 9.40. The van der Waals surface area contributed by atoms with Crippen LogP contribution in [0.2, 0.25) is 0 Å². The zero-order chi connectivity index (χ0) is 7.56. The van der Waals surface area contributed by atoms with Gasteiger partial charge in [0.25, 0.3) is 6.47 Å². The quantitative estimate of drug-likeness (QED) is 0.781. The third-order valence-corrected chi connectivity index (χ3v) is 3.08. The number of halogens is 2. The minimum atomic E-state index is 0.402. The van der Waals surface area contributed by atoms with Crippen molar-refractivity contribution in [3.63, 3.8) is 0 Å². The zero-order valence-electron chi connectivity index (χ0n) is 4.64. The van der Waals surface area contributed by atoms with Gasteiger partial charge in [-0.05, 0) is 31.9 Å². The van der Waals surface area contributed by atoms with Crippen LogP contribution in [0.15, 0.2) is 13.6 Å². The van der Waals surface area contributed by atoms with Crippen molar-refractivity contribution in [1.29, 1.82) is 0 Å². The Morgan fingerprint density at radius 1 is 1.60 bits per heavy atom. The fourth-order valence-corrected chi connectivity index (χ4v) is 3.08. The van der Waals surface area contributed by atoms with Crippen LogP contribution in [0.1, 0.15) is 0 Å². The molecule has 1 heterocycles. The molecule has 10 heavy (non-hydrogen) atoms. The molecule has 0 bridgehead atoms. The molecule has 0 aliphatic rings. The Morgan fingerprint density at radius 2 is 2.30 bits per heavy atom. The van der Waals surface area contributed by atoms with Gasteiger partial charge in [0.2, 0.25) is 0 Å². The Balaban J connectivity index is 2.91. The van der Waals surface area contributed by atoms with Crippen molar-refractivity contribution in [1.82, 2.24) is 0 Å². The van der Waals surface area contributed by atoms with E-state index in [1.165, 1.54) is 11.3 Å². The first-order chi connectivity index (χ1) is 4.74. The summed E-state index contributed by atoms with van der Waals surface area (Å²) in [5.74, 6) is 0.548. The minimum absolute atomic E-state index is 0.402. The van der Waals surface area contributed by atoms with E-state index < -0.39 is 0 Å². The van der Waals surface area contributed by atoms with Gasteiger partial charge in [-0.3, -0.25) is 4.79 Å². The van der Waals surface area contributed by atoms with E-state index in [0.717, 1.165) is 7.57 Å². The first-order valence-electron chi connectivity index (χ1n) is 2.29. The molecular weight excluding hydrogens is 284 g/mol. The molecule has 1 aromatic rings. The first-order valence-corrected chi connectivity index (χ1v) is 4.69.